The maximum absolute atomic E-state index is 11.2. The quantitative estimate of drug-likeness (QED) is 0.700. The number of carbonyl (C=O) groups is 1. The van der Waals surface area contributed by atoms with E-state index in [1.165, 1.54) is 23.5 Å². The molecule has 2 rings (SSSR count). The molecule has 78 valence electrons. The fraction of sp³-hybridized carbons (Fsp3) is 0.308. The minimum absolute atomic E-state index is 0.110. The summed E-state index contributed by atoms with van der Waals surface area (Å²) in [5, 5.41) is 0. The van der Waals surface area contributed by atoms with Crippen molar-refractivity contribution in [2.45, 2.75) is 26.4 Å². The minimum atomic E-state index is -0.110. The average Bonchev–Trinajstić information content (AvgIpc) is 2.16. The van der Waals surface area contributed by atoms with Crippen LogP contribution in [0.15, 0.2) is 30.5 Å². The molecule has 0 saturated heterocycles. The number of carbonyl (C=O) groups excluding carboxylic acids is 1. The van der Waals surface area contributed by atoms with Gasteiger partial charge in [0.15, 0.2) is 5.78 Å². The van der Waals surface area contributed by atoms with Gasteiger partial charge >= 0.3 is 0 Å². The van der Waals surface area contributed by atoms with E-state index in [1.54, 1.807) is 0 Å². The summed E-state index contributed by atoms with van der Waals surface area (Å²) in [7, 11) is 0. The van der Waals surface area contributed by atoms with Crippen molar-refractivity contribution in [2.75, 3.05) is 0 Å². The zero-order valence-electron chi connectivity index (χ0n) is 8.99. The lowest BCUT2D eigenvalue weighted by molar-refractivity contribution is -0.118. The molecule has 2 nitrogen and oxygen atoms in total. The largest absolute Gasteiger partial charge is 0.493 e. The molecular formula is C13H14O2. The van der Waals surface area contributed by atoms with Crippen molar-refractivity contribution in [3.05, 3.63) is 47.2 Å². The smallest absolute Gasteiger partial charge is 0.162 e. The summed E-state index contributed by atoms with van der Waals surface area (Å²) in [6.07, 6.45) is 3.31. The third-order valence-electron chi connectivity index (χ3n) is 2.50. The summed E-state index contributed by atoms with van der Waals surface area (Å²) in [6.45, 7) is 4.11. The first-order chi connectivity index (χ1) is 7.15. The lowest BCUT2D eigenvalue weighted by Crippen LogP contribution is -2.11. The molecule has 0 N–H and O–H groups in total. The molecule has 15 heavy (non-hydrogen) atoms. The van der Waals surface area contributed by atoms with E-state index in [9.17, 15) is 4.79 Å². The van der Waals surface area contributed by atoms with Gasteiger partial charge in [-0.05, 0) is 19.4 Å². The second-order valence-electron chi connectivity index (χ2n) is 4.02. The lowest BCUT2D eigenvalue weighted by Gasteiger charge is -2.19. The van der Waals surface area contributed by atoms with E-state index < -0.39 is 0 Å². The van der Waals surface area contributed by atoms with E-state index in [0.29, 0.717) is 6.42 Å². The highest BCUT2D eigenvalue weighted by Crippen LogP contribution is 2.26. The first-order valence-corrected chi connectivity index (χ1v) is 5.08. The van der Waals surface area contributed by atoms with Crippen LogP contribution in [0.1, 0.15) is 29.2 Å². The van der Waals surface area contributed by atoms with Crippen LogP contribution in [0.25, 0.3) is 0 Å². The van der Waals surface area contributed by atoms with Gasteiger partial charge < -0.3 is 4.74 Å². The van der Waals surface area contributed by atoms with Gasteiger partial charge in [0.05, 0.1) is 12.7 Å². The summed E-state index contributed by atoms with van der Waals surface area (Å²) >= 11 is 0. The number of allylic oxidation sites excluding steroid dienone is 1. The van der Waals surface area contributed by atoms with Crippen molar-refractivity contribution in [1.82, 2.24) is 0 Å². The van der Waals surface area contributed by atoms with Crippen LogP contribution in [0, 0.1) is 13.8 Å². The second kappa shape index (κ2) is 3.89. The molecule has 1 atom stereocenters. The molecule has 1 heterocycles. The van der Waals surface area contributed by atoms with Crippen molar-refractivity contribution in [3.8, 4) is 0 Å². The fourth-order valence-corrected chi connectivity index (χ4v) is 1.90. The SMILES string of the molecule is Cc1cc(C)cc(C2CC(=O)C=CO2)c1. The van der Waals surface area contributed by atoms with Gasteiger partial charge in [0, 0.05) is 6.08 Å². The molecule has 2 heteroatoms. The van der Waals surface area contributed by atoms with Crippen molar-refractivity contribution in [3.63, 3.8) is 0 Å². The molecular weight excluding hydrogens is 188 g/mol. The highest BCUT2D eigenvalue weighted by atomic mass is 16.5. The van der Waals surface area contributed by atoms with E-state index in [0.717, 1.165) is 5.56 Å². The first kappa shape index (κ1) is 9.97. The van der Waals surface area contributed by atoms with Crippen LogP contribution in [0.2, 0.25) is 0 Å². The van der Waals surface area contributed by atoms with Gasteiger partial charge in [-0.2, -0.15) is 0 Å². The molecule has 0 bridgehead atoms. The molecule has 0 spiro atoms. The molecule has 0 aromatic heterocycles. The van der Waals surface area contributed by atoms with Crippen LogP contribution in [-0.4, -0.2) is 5.78 Å². The van der Waals surface area contributed by atoms with Crippen molar-refractivity contribution < 1.29 is 9.53 Å². The summed E-state index contributed by atoms with van der Waals surface area (Å²) in [5.41, 5.74) is 3.50. The van der Waals surface area contributed by atoms with Gasteiger partial charge in [0.1, 0.15) is 6.10 Å². The van der Waals surface area contributed by atoms with Crippen LogP contribution in [0.4, 0.5) is 0 Å². The van der Waals surface area contributed by atoms with E-state index in [1.807, 2.05) is 0 Å². The molecule has 0 fully saturated rings. The Balaban J connectivity index is 2.29. The summed E-state index contributed by atoms with van der Waals surface area (Å²) in [6, 6.07) is 6.26. The zero-order valence-corrected chi connectivity index (χ0v) is 8.99. The standard InChI is InChI=1S/C13H14O2/c1-9-5-10(2)7-11(6-9)13-8-12(14)3-4-15-13/h3-7,13H,8H2,1-2H3. The molecule has 1 aromatic rings. The van der Waals surface area contributed by atoms with Gasteiger partial charge in [-0.3, -0.25) is 4.79 Å². The number of aryl methyl sites for hydroxylation is 2. The van der Waals surface area contributed by atoms with Crippen LogP contribution >= 0.6 is 0 Å². The molecule has 0 aliphatic carbocycles. The van der Waals surface area contributed by atoms with Crippen LogP contribution in [-0.2, 0) is 9.53 Å². The molecule has 1 aliphatic heterocycles. The Labute approximate surface area is 89.6 Å². The van der Waals surface area contributed by atoms with E-state index in [-0.39, 0.29) is 11.9 Å². The topological polar surface area (TPSA) is 26.3 Å². The van der Waals surface area contributed by atoms with Gasteiger partial charge in [-0.15, -0.1) is 0 Å². The van der Waals surface area contributed by atoms with Crippen molar-refractivity contribution >= 4 is 5.78 Å². The molecule has 1 aliphatic rings. The Hall–Kier alpha value is -1.57. The van der Waals surface area contributed by atoms with Crippen molar-refractivity contribution in [1.29, 1.82) is 0 Å². The fourth-order valence-electron chi connectivity index (χ4n) is 1.90. The summed E-state index contributed by atoms with van der Waals surface area (Å²) in [4.78, 5) is 11.2. The number of hydrogen-bond acceptors (Lipinski definition) is 2. The molecule has 0 amide bonds. The Morgan fingerprint density at radius 1 is 1.20 bits per heavy atom. The van der Waals surface area contributed by atoms with E-state index in [4.69, 9.17) is 4.74 Å². The van der Waals surface area contributed by atoms with Crippen LogP contribution in [0.3, 0.4) is 0 Å². The van der Waals surface area contributed by atoms with Gasteiger partial charge in [-0.1, -0.05) is 29.3 Å². The maximum Gasteiger partial charge on any atom is 0.162 e. The third kappa shape index (κ3) is 2.27. The van der Waals surface area contributed by atoms with Crippen molar-refractivity contribution in [2.24, 2.45) is 0 Å². The maximum atomic E-state index is 11.2. The van der Waals surface area contributed by atoms with Crippen LogP contribution in [0.5, 0.6) is 0 Å². The Bertz CT molecular complexity index is 398. The minimum Gasteiger partial charge on any atom is -0.493 e. The molecule has 1 aromatic carbocycles. The lowest BCUT2D eigenvalue weighted by atomic mass is 9.99. The Morgan fingerprint density at radius 2 is 1.87 bits per heavy atom. The second-order valence-corrected chi connectivity index (χ2v) is 4.02. The normalized spacial score (nSPS) is 20.1. The molecule has 0 saturated carbocycles. The predicted molar refractivity (Wildman–Crippen MR) is 58.5 cm³/mol. The van der Waals surface area contributed by atoms with E-state index in [2.05, 4.69) is 32.0 Å². The molecule has 1 unspecified atom stereocenters. The third-order valence-corrected chi connectivity index (χ3v) is 2.50. The van der Waals surface area contributed by atoms with Crippen LogP contribution < -0.4 is 0 Å². The Morgan fingerprint density at radius 3 is 2.47 bits per heavy atom. The van der Waals surface area contributed by atoms with Gasteiger partial charge in [0.2, 0.25) is 0 Å². The number of rotatable bonds is 1. The predicted octanol–water partition coefficient (Wildman–Crippen LogP) is 2.85. The number of ether oxygens (including phenoxy) is 1. The number of benzene rings is 1. The first-order valence-electron chi connectivity index (χ1n) is 5.08. The Kier molecular flexibility index (Phi) is 2.58. The van der Waals surface area contributed by atoms with Gasteiger partial charge in [0.25, 0.3) is 0 Å². The molecule has 0 radical (unpaired) electrons. The van der Waals surface area contributed by atoms with E-state index >= 15 is 0 Å². The zero-order chi connectivity index (χ0) is 10.8. The summed E-state index contributed by atoms with van der Waals surface area (Å²) in [5.74, 6) is 0.130. The monoisotopic (exact) mass is 202 g/mol. The number of ketones is 1. The number of hydrogen-bond donors (Lipinski definition) is 0. The average molecular weight is 202 g/mol. The summed E-state index contributed by atoms with van der Waals surface area (Å²) < 4.78 is 5.44. The highest BCUT2D eigenvalue weighted by molar-refractivity contribution is 5.90. The highest BCUT2D eigenvalue weighted by Gasteiger charge is 2.18. The van der Waals surface area contributed by atoms with Gasteiger partial charge in [-0.25, -0.2) is 0 Å².